The molecule has 4 aromatic heterocycles. The van der Waals surface area contributed by atoms with Gasteiger partial charge in [-0.1, -0.05) is 18.9 Å². The van der Waals surface area contributed by atoms with Gasteiger partial charge in [-0.25, -0.2) is 24.3 Å². The number of rotatable bonds is 4. The minimum Gasteiger partial charge on any atom is -0.364 e. The first-order valence-corrected chi connectivity index (χ1v) is 11.4. The van der Waals surface area contributed by atoms with Crippen LogP contribution in [0.4, 0.5) is 14.6 Å². The van der Waals surface area contributed by atoms with Crippen LogP contribution in [0.15, 0.2) is 29.9 Å². The maximum Gasteiger partial charge on any atom is 0.232 e. The van der Waals surface area contributed by atoms with Gasteiger partial charge < -0.3 is 10.3 Å². The summed E-state index contributed by atoms with van der Waals surface area (Å²) in [7, 11) is 0. The minimum atomic E-state index is -0.689. The molecule has 0 saturated heterocycles. The van der Waals surface area contributed by atoms with Crippen molar-refractivity contribution in [1.82, 2.24) is 24.9 Å². The summed E-state index contributed by atoms with van der Waals surface area (Å²) >= 11 is 1.42. The summed E-state index contributed by atoms with van der Waals surface area (Å²) in [5.41, 5.74) is 1.49. The number of hydrogen-bond donors (Lipinski definition) is 2. The number of nitrogens with one attached hydrogen (secondary N) is 2. The minimum absolute atomic E-state index is 0.199. The molecule has 0 aliphatic heterocycles. The van der Waals surface area contributed by atoms with Crippen molar-refractivity contribution in [3.05, 3.63) is 41.7 Å². The standard InChI is InChI=1S/C22H20F2N6S/c23-16-10-26-22-18(28-16)13(9-25-22)20-29-19(15-2-1-7-31-15)17(24)21(30-20)27-14-8-11-3-5-12(14)6-4-11/h1-2,7,9-12,14H,3-6,8H2,(H,25,26)(H,27,29,30)/t11?,12?,14-/m1/s1. The van der Waals surface area contributed by atoms with Crippen LogP contribution < -0.4 is 5.32 Å². The Hall–Kier alpha value is -2.94. The molecule has 0 unspecified atom stereocenters. The second-order valence-corrected chi connectivity index (χ2v) is 9.34. The lowest BCUT2D eigenvalue weighted by molar-refractivity contribution is 0.157. The Morgan fingerprint density at radius 1 is 1.10 bits per heavy atom. The molecule has 3 aliphatic carbocycles. The highest BCUT2D eigenvalue weighted by molar-refractivity contribution is 7.13. The first-order chi connectivity index (χ1) is 15.2. The van der Waals surface area contributed by atoms with E-state index in [1.54, 1.807) is 6.20 Å². The summed E-state index contributed by atoms with van der Waals surface area (Å²) in [6.45, 7) is 0. The van der Waals surface area contributed by atoms with Crippen molar-refractivity contribution in [3.8, 4) is 22.0 Å². The molecule has 0 radical (unpaired) electrons. The lowest BCUT2D eigenvalue weighted by atomic mass is 9.68. The zero-order valence-electron chi connectivity index (χ0n) is 16.6. The normalized spacial score (nSPS) is 22.8. The maximum atomic E-state index is 15.6. The van der Waals surface area contributed by atoms with Crippen molar-refractivity contribution in [3.63, 3.8) is 0 Å². The van der Waals surface area contributed by atoms with Gasteiger partial charge in [0.25, 0.3) is 0 Å². The number of aromatic amines is 1. The number of nitrogens with zero attached hydrogens (tertiary/aromatic N) is 4. The van der Waals surface area contributed by atoms with Crippen molar-refractivity contribution in [2.24, 2.45) is 11.8 Å². The molecule has 4 heterocycles. The molecule has 0 spiro atoms. The molecule has 2 bridgehead atoms. The Morgan fingerprint density at radius 3 is 2.71 bits per heavy atom. The highest BCUT2D eigenvalue weighted by atomic mass is 32.1. The fraction of sp³-hybridized carbons (Fsp3) is 0.364. The van der Waals surface area contributed by atoms with Gasteiger partial charge in [0.2, 0.25) is 5.95 Å². The lowest BCUT2D eigenvalue weighted by Crippen LogP contribution is -2.40. The van der Waals surface area contributed by atoms with Crippen molar-refractivity contribution in [2.75, 3.05) is 5.32 Å². The fourth-order valence-corrected chi connectivity index (χ4v) is 5.72. The fourth-order valence-electron chi connectivity index (χ4n) is 5.01. The number of aromatic nitrogens is 5. The van der Waals surface area contributed by atoms with Crippen molar-refractivity contribution in [2.45, 2.75) is 38.1 Å². The van der Waals surface area contributed by atoms with Crippen molar-refractivity contribution in [1.29, 1.82) is 0 Å². The van der Waals surface area contributed by atoms with Gasteiger partial charge in [-0.2, -0.15) is 4.39 Å². The molecule has 31 heavy (non-hydrogen) atoms. The average Bonchev–Trinajstić information content (AvgIpc) is 3.46. The molecule has 158 valence electrons. The first kappa shape index (κ1) is 18.8. The van der Waals surface area contributed by atoms with Gasteiger partial charge >= 0.3 is 0 Å². The zero-order valence-corrected chi connectivity index (χ0v) is 17.4. The van der Waals surface area contributed by atoms with Crippen LogP contribution in [0.25, 0.3) is 33.1 Å². The highest BCUT2D eigenvalue weighted by Gasteiger charge is 2.36. The monoisotopic (exact) mass is 438 g/mol. The highest BCUT2D eigenvalue weighted by Crippen LogP contribution is 2.43. The summed E-state index contributed by atoms with van der Waals surface area (Å²) in [4.78, 5) is 20.7. The van der Waals surface area contributed by atoms with E-state index in [4.69, 9.17) is 0 Å². The number of hydrogen-bond acceptors (Lipinski definition) is 6. The van der Waals surface area contributed by atoms with E-state index in [0.717, 1.165) is 12.6 Å². The predicted octanol–water partition coefficient (Wildman–Crippen LogP) is 5.41. The molecule has 0 amide bonds. The van der Waals surface area contributed by atoms with Crippen LogP contribution in [0, 0.1) is 23.6 Å². The van der Waals surface area contributed by atoms with Gasteiger partial charge in [0.05, 0.1) is 16.6 Å². The van der Waals surface area contributed by atoms with E-state index >= 15 is 4.39 Å². The van der Waals surface area contributed by atoms with Crippen molar-refractivity contribution < 1.29 is 8.78 Å². The zero-order chi connectivity index (χ0) is 20.9. The largest absolute Gasteiger partial charge is 0.364 e. The van der Waals surface area contributed by atoms with E-state index < -0.39 is 11.8 Å². The van der Waals surface area contributed by atoms with E-state index in [2.05, 4.69) is 30.2 Å². The van der Waals surface area contributed by atoms with Crippen LogP contribution in [-0.2, 0) is 0 Å². The molecule has 1 atom stereocenters. The number of halogens is 2. The van der Waals surface area contributed by atoms with E-state index in [1.807, 2.05) is 17.5 Å². The molecule has 2 N–H and O–H groups in total. The third-order valence-corrected chi connectivity index (χ3v) is 7.44. The summed E-state index contributed by atoms with van der Waals surface area (Å²) in [6, 6.07) is 3.91. The molecular weight excluding hydrogens is 418 g/mol. The van der Waals surface area contributed by atoms with Gasteiger partial charge in [-0.15, -0.1) is 11.3 Å². The predicted molar refractivity (Wildman–Crippen MR) is 116 cm³/mol. The number of fused-ring (bicyclic) bond motifs is 4. The summed E-state index contributed by atoms with van der Waals surface area (Å²) < 4.78 is 29.3. The molecule has 3 saturated carbocycles. The van der Waals surface area contributed by atoms with Gasteiger partial charge in [0.1, 0.15) is 11.2 Å². The van der Waals surface area contributed by atoms with Crippen LogP contribution >= 0.6 is 11.3 Å². The van der Waals surface area contributed by atoms with Crippen LogP contribution in [0.1, 0.15) is 32.1 Å². The molecule has 6 nitrogen and oxygen atoms in total. The quantitative estimate of drug-likeness (QED) is 0.445. The molecule has 3 aliphatic rings. The SMILES string of the molecule is Fc1cnc2[nH]cc(-c3nc(N[C@@H]4CC5CCC4CC5)c(F)c(-c4cccs4)n3)c2n1. The maximum absolute atomic E-state index is 15.6. The Balaban J connectivity index is 1.47. The Bertz CT molecular complexity index is 1250. The number of thiophene rings is 1. The van der Waals surface area contributed by atoms with Crippen LogP contribution in [0.5, 0.6) is 0 Å². The smallest absolute Gasteiger partial charge is 0.232 e. The second kappa shape index (κ2) is 7.33. The summed E-state index contributed by atoms with van der Waals surface area (Å²) in [6.07, 6.45) is 8.62. The average molecular weight is 439 g/mol. The van der Waals surface area contributed by atoms with E-state index in [-0.39, 0.29) is 17.6 Å². The van der Waals surface area contributed by atoms with Crippen LogP contribution in [0.2, 0.25) is 0 Å². The Morgan fingerprint density at radius 2 is 1.97 bits per heavy atom. The van der Waals surface area contributed by atoms with Crippen LogP contribution in [0.3, 0.4) is 0 Å². The number of H-pyrrole nitrogens is 1. The van der Waals surface area contributed by atoms with Gasteiger partial charge in [0.15, 0.2) is 23.1 Å². The second-order valence-electron chi connectivity index (χ2n) is 8.40. The molecule has 7 rings (SSSR count). The molecule has 0 aromatic carbocycles. The van der Waals surface area contributed by atoms with Crippen LogP contribution in [-0.4, -0.2) is 31.0 Å². The topological polar surface area (TPSA) is 79.4 Å². The molecular formula is C22H20F2N6S. The van der Waals surface area contributed by atoms with E-state index in [9.17, 15) is 4.39 Å². The summed E-state index contributed by atoms with van der Waals surface area (Å²) in [5, 5.41) is 5.29. The molecule has 3 fully saturated rings. The Labute approximate surface area is 181 Å². The first-order valence-electron chi connectivity index (χ1n) is 10.5. The molecule has 4 aromatic rings. The van der Waals surface area contributed by atoms with Crippen molar-refractivity contribution >= 4 is 28.3 Å². The third kappa shape index (κ3) is 3.27. The van der Waals surface area contributed by atoms with E-state index in [1.165, 1.54) is 37.0 Å². The van der Waals surface area contributed by atoms with Gasteiger partial charge in [0, 0.05) is 12.2 Å². The lowest BCUT2D eigenvalue weighted by Gasteiger charge is -2.42. The third-order valence-electron chi connectivity index (χ3n) is 6.57. The molecule has 9 heteroatoms. The Kier molecular flexibility index (Phi) is 4.45. The van der Waals surface area contributed by atoms with E-state index in [0.29, 0.717) is 39.3 Å². The number of anilines is 1. The van der Waals surface area contributed by atoms with Gasteiger partial charge in [-0.3, -0.25) is 0 Å². The summed E-state index contributed by atoms with van der Waals surface area (Å²) in [5.74, 6) is 0.593. The van der Waals surface area contributed by atoms with Gasteiger partial charge in [-0.05, 0) is 42.5 Å².